The fourth-order valence-corrected chi connectivity index (χ4v) is 3.62. The molecule has 0 N–H and O–H groups in total. The van der Waals surface area contributed by atoms with Gasteiger partial charge < -0.3 is 14.1 Å². The number of aromatic nitrogens is 5. The van der Waals surface area contributed by atoms with Crippen LogP contribution in [-0.2, 0) is 32.0 Å². The van der Waals surface area contributed by atoms with Gasteiger partial charge in [-0.25, -0.2) is 0 Å². The molecule has 0 spiro atoms. The van der Waals surface area contributed by atoms with Gasteiger partial charge in [0.1, 0.15) is 0 Å². The molecule has 0 saturated carbocycles. The molecular weight excluding hydrogens is 660 g/mol. The van der Waals surface area contributed by atoms with Crippen LogP contribution in [0.1, 0.15) is 11.1 Å². The first-order valence-corrected chi connectivity index (χ1v) is 13.7. The maximum atomic E-state index is 13.2. The van der Waals surface area contributed by atoms with E-state index in [1.54, 1.807) is 24.4 Å². The van der Waals surface area contributed by atoms with Crippen LogP contribution in [0.5, 0.6) is 0 Å². The van der Waals surface area contributed by atoms with Crippen LogP contribution in [0.15, 0.2) is 67.4 Å². The van der Waals surface area contributed by atoms with Crippen LogP contribution in [0.3, 0.4) is 0 Å². The average Bonchev–Trinajstić information content (AvgIpc) is 3.49. The summed E-state index contributed by atoms with van der Waals surface area (Å²) in [6, 6.07) is 15.2. The SMILES string of the molecule is Cc1cc(C)c(-c2nccn2C)[c-]c1-c1nccn1C.Fc1c[c-]c(-c2ccccn2)c(F)c1.[Cl][Ir+2]. The van der Waals surface area contributed by atoms with Gasteiger partial charge in [-0.15, -0.1) is 35.4 Å². The first kappa shape index (κ1) is 27.4. The minimum atomic E-state index is -0.649. The van der Waals surface area contributed by atoms with Crippen LogP contribution >= 0.6 is 9.58 Å². The molecule has 0 atom stereocenters. The standard InChI is InChI=1S/C16H17N4.C11H6F2N.ClH.Ir/c1-11-9-12(2)14(16-18-6-8-20(16)4)10-13(11)15-17-5-7-19(15)3;12-8-4-5-9(10(13)7-8)11-3-1-2-6-14-11;;/h5-9H,1-4H3;1-4,6-7H;1H;/q2*-1;;+3/p-1. The molecule has 2 aromatic carbocycles. The van der Waals surface area contributed by atoms with E-state index in [0.29, 0.717) is 5.69 Å². The summed E-state index contributed by atoms with van der Waals surface area (Å²) in [7, 11) is 8.63. The van der Waals surface area contributed by atoms with Gasteiger partial charge in [0, 0.05) is 56.7 Å². The molecule has 0 amide bonds. The maximum absolute atomic E-state index is 13.2. The van der Waals surface area contributed by atoms with Crippen molar-refractivity contribution in [2.45, 2.75) is 13.8 Å². The number of nitrogens with zero attached hydrogens (tertiary/aromatic N) is 5. The van der Waals surface area contributed by atoms with Crippen LogP contribution in [0.4, 0.5) is 8.78 Å². The monoisotopic (exact) mass is 683 g/mol. The summed E-state index contributed by atoms with van der Waals surface area (Å²) in [6.07, 6.45) is 9.06. The van der Waals surface area contributed by atoms with Gasteiger partial charge in [0.25, 0.3) is 0 Å². The Hall–Kier alpha value is -3.19. The molecule has 36 heavy (non-hydrogen) atoms. The zero-order valence-electron chi connectivity index (χ0n) is 20.1. The van der Waals surface area contributed by atoms with E-state index in [-0.39, 0.29) is 5.56 Å². The molecule has 3 heterocycles. The van der Waals surface area contributed by atoms with Crippen molar-refractivity contribution in [1.29, 1.82) is 0 Å². The number of halogens is 3. The predicted molar refractivity (Wildman–Crippen MR) is 133 cm³/mol. The van der Waals surface area contributed by atoms with E-state index < -0.39 is 11.6 Å². The van der Waals surface area contributed by atoms with Crippen LogP contribution < -0.4 is 0 Å². The van der Waals surface area contributed by atoms with E-state index in [1.165, 1.54) is 29.0 Å². The Labute approximate surface area is 224 Å². The second-order valence-electron chi connectivity index (χ2n) is 7.86. The molecule has 5 nitrogen and oxygen atoms in total. The molecule has 0 aliphatic rings. The van der Waals surface area contributed by atoms with Crippen molar-refractivity contribution in [1.82, 2.24) is 24.1 Å². The van der Waals surface area contributed by atoms with E-state index in [9.17, 15) is 8.78 Å². The molecule has 0 bridgehead atoms. The molecule has 0 unspecified atom stereocenters. The zero-order valence-corrected chi connectivity index (χ0v) is 23.2. The Bertz CT molecular complexity index is 1370. The van der Waals surface area contributed by atoms with Gasteiger partial charge in [-0.1, -0.05) is 48.7 Å². The van der Waals surface area contributed by atoms with E-state index in [4.69, 9.17) is 0 Å². The number of rotatable bonds is 3. The fourth-order valence-electron chi connectivity index (χ4n) is 3.62. The third kappa shape index (κ3) is 6.32. The van der Waals surface area contributed by atoms with Gasteiger partial charge in [-0.05, 0) is 11.8 Å². The van der Waals surface area contributed by atoms with Crippen molar-refractivity contribution in [3.05, 3.63) is 102 Å². The Balaban J connectivity index is 0.000000198. The van der Waals surface area contributed by atoms with Crippen molar-refractivity contribution in [2.24, 2.45) is 14.1 Å². The van der Waals surface area contributed by atoms with Crippen molar-refractivity contribution >= 4 is 9.58 Å². The molecule has 5 aromatic rings. The Kier molecular flexibility index (Phi) is 9.65. The van der Waals surface area contributed by atoms with Crippen molar-refractivity contribution in [3.63, 3.8) is 0 Å². The summed E-state index contributed by atoms with van der Waals surface area (Å²) in [5, 5.41) is 0. The van der Waals surface area contributed by atoms with Gasteiger partial charge in [-0.3, -0.25) is 18.7 Å². The Morgan fingerprint density at radius 1 is 0.806 bits per heavy atom. The third-order valence-electron chi connectivity index (χ3n) is 5.34. The van der Waals surface area contributed by atoms with E-state index in [1.807, 2.05) is 48.0 Å². The second kappa shape index (κ2) is 12.7. The van der Waals surface area contributed by atoms with Gasteiger partial charge >= 0.3 is 27.5 Å². The zero-order chi connectivity index (χ0) is 26.2. The van der Waals surface area contributed by atoms with Crippen LogP contribution in [-0.4, -0.2) is 24.1 Å². The fraction of sp³-hybridized carbons (Fsp3) is 0.148. The molecule has 3 aromatic heterocycles. The van der Waals surface area contributed by atoms with E-state index >= 15 is 0 Å². The first-order chi connectivity index (χ1) is 17.3. The van der Waals surface area contributed by atoms with Crippen LogP contribution in [0.2, 0.25) is 0 Å². The second-order valence-corrected chi connectivity index (χ2v) is 7.86. The average molecular weight is 683 g/mol. The first-order valence-electron chi connectivity index (χ1n) is 10.7. The Morgan fingerprint density at radius 2 is 1.39 bits per heavy atom. The van der Waals surface area contributed by atoms with E-state index in [2.05, 4.69) is 56.6 Å². The molecule has 0 aliphatic heterocycles. The van der Waals surface area contributed by atoms with Crippen molar-refractivity contribution in [3.8, 4) is 34.0 Å². The molecule has 0 aliphatic carbocycles. The predicted octanol–water partition coefficient (Wildman–Crippen LogP) is 6.42. The summed E-state index contributed by atoms with van der Waals surface area (Å²) in [5.41, 5.74) is 5.05. The van der Waals surface area contributed by atoms with Crippen LogP contribution in [0, 0.1) is 37.6 Å². The van der Waals surface area contributed by atoms with Crippen LogP contribution in [0.25, 0.3) is 34.0 Å². The van der Waals surface area contributed by atoms with Gasteiger partial charge in [0.05, 0.1) is 11.6 Å². The Morgan fingerprint density at radius 3 is 1.83 bits per heavy atom. The number of pyridine rings is 1. The number of hydrogen-bond donors (Lipinski definition) is 0. The number of imidazole rings is 2. The molecule has 5 rings (SSSR count). The third-order valence-corrected chi connectivity index (χ3v) is 5.34. The van der Waals surface area contributed by atoms with Crippen molar-refractivity contribution in [2.75, 3.05) is 0 Å². The van der Waals surface area contributed by atoms with Gasteiger partial charge in [0.2, 0.25) is 0 Å². The summed E-state index contributed by atoms with van der Waals surface area (Å²) in [5.74, 6) is 0.571. The quantitative estimate of drug-likeness (QED) is 0.207. The molecule has 9 heteroatoms. The molecule has 0 radical (unpaired) electrons. The summed E-state index contributed by atoms with van der Waals surface area (Å²) >= 11 is 1.47. The van der Waals surface area contributed by atoms with Gasteiger partial charge in [-0.2, -0.15) is 0 Å². The topological polar surface area (TPSA) is 48.5 Å². The summed E-state index contributed by atoms with van der Waals surface area (Å²) in [4.78, 5) is 12.8. The molecule has 186 valence electrons. The number of hydrogen-bond acceptors (Lipinski definition) is 3. The van der Waals surface area contributed by atoms with Crippen molar-refractivity contribution < 1.29 is 26.7 Å². The summed E-state index contributed by atoms with van der Waals surface area (Å²) < 4.78 is 29.8. The van der Waals surface area contributed by atoms with E-state index in [0.717, 1.165) is 34.9 Å². The summed E-state index contributed by atoms with van der Waals surface area (Å²) in [6.45, 7) is 4.19. The molecule has 0 fully saturated rings. The number of aryl methyl sites for hydroxylation is 4. The normalized spacial score (nSPS) is 10.2. The minimum absolute atomic E-state index is 0.187. The molecular formula is C27H23ClF2IrN5. The molecule has 0 saturated heterocycles. The van der Waals surface area contributed by atoms with Gasteiger partial charge in [0.15, 0.2) is 0 Å². The number of benzene rings is 2.